The van der Waals surface area contributed by atoms with Crippen molar-refractivity contribution in [3.05, 3.63) is 71.9 Å². The van der Waals surface area contributed by atoms with Crippen LogP contribution in [0.25, 0.3) is 10.9 Å². The maximum Gasteiger partial charge on any atom is 0.418 e. The highest BCUT2D eigenvalue weighted by Crippen LogP contribution is 2.17. The molecule has 0 unspecified atom stereocenters. The summed E-state index contributed by atoms with van der Waals surface area (Å²) in [6.07, 6.45) is 1.40. The summed E-state index contributed by atoms with van der Waals surface area (Å²) in [6, 6.07) is 18.3. The van der Waals surface area contributed by atoms with Gasteiger partial charge in [-0.25, -0.2) is 4.79 Å². The molecule has 0 amide bonds. The molecule has 0 atom stereocenters. The average Bonchev–Trinajstić information content (AvgIpc) is 2.98. The topological polar surface area (TPSA) is 31.2 Å². The number of carbonyl (C=O) groups is 1. The molecule has 3 aromatic rings. The average molecular weight is 351 g/mol. The molecule has 3 heteroatoms. The highest BCUT2D eigenvalue weighted by molar-refractivity contribution is 5.89. The van der Waals surface area contributed by atoms with E-state index in [2.05, 4.69) is 45.0 Å². The van der Waals surface area contributed by atoms with Gasteiger partial charge >= 0.3 is 6.09 Å². The second-order valence-corrected chi connectivity index (χ2v) is 7.79. The van der Waals surface area contributed by atoms with Crippen LogP contribution in [0, 0.1) is 6.92 Å². The summed E-state index contributed by atoms with van der Waals surface area (Å²) in [5.74, 6) is 0.653. The van der Waals surface area contributed by atoms with E-state index in [-0.39, 0.29) is 6.09 Å². The van der Waals surface area contributed by atoms with Crippen molar-refractivity contribution in [1.29, 1.82) is 0 Å². The Bertz CT molecular complexity index is 852. The Hall–Kier alpha value is -2.55. The number of fused-ring (bicyclic) bond motifs is 1. The molecule has 1 aromatic heterocycles. The van der Waals surface area contributed by atoms with Crippen LogP contribution in [0.5, 0.6) is 0 Å². The number of para-hydroxylation sites is 1. The van der Waals surface area contributed by atoms with Crippen LogP contribution in [0.2, 0.25) is 0 Å². The zero-order chi connectivity index (χ0) is 19.3. The Morgan fingerprint density at radius 3 is 2.15 bits per heavy atom. The number of hydrogen-bond acceptors (Lipinski definition) is 2. The van der Waals surface area contributed by atoms with Gasteiger partial charge in [0.1, 0.15) is 5.60 Å². The van der Waals surface area contributed by atoms with Gasteiger partial charge in [0.25, 0.3) is 0 Å². The van der Waals surface area contributed by atoms with Crippen molar-refractivity contribution >= 4 is 17.0 Å². The van der Waals surface area contributed by atoms with Gasteiger partial charge in [-0.2, -0.15) is 0 Å². The summed E-state index contributed by atoms with van der Waals surface area (Å²) >= 11 is 0. The van der Waals surface area contributed by atoms with E-state index < -0.39 is 5.60 Å². The Morgan fingerprint density at radius 1 is 0.962 bits per heavy atom. The maximum absolute atomic E-state index is 11.9. The summed E-state index contributed by atoms with van der Waals surface area (Å²) < 4.78 is 6.84. The van der Waals surface area contributed by atoms with E-state index in [4.69, 9.17) is 4.74 Å². The lowest BCUT2D eigenvalue weighted by Gasteiger charge is -2.19. The Balaban J connectivity index is 0.000000209. The zero-order valence-electron chi connectivity index (χ0n) is 16.6. The third-order valence-corrected chi connectivity index (χ3v) is 3.93. The third-order valence-electron chi connectivity index (χ3n) is 3.93. The molecule has 0 aliphatic heterocycles. The molecule has 26 heavy (non-hydrogen) atoms. The third kappa shape index (κ3) is 5.48. The molecule has 0 aliphatic rings. The fraction of sp³-hybridized carbons (Fsp3) is 0.348. The molecule has 3 rings (SSSR count). The monoisotopic (exact) mass is 351 g/mol. The molecule has 0 radical (unpaired) electrons. The fourth-order valence-electron chi connectivity index (χ4n) is 2.50. The van der Waals surface area contributed by atoms with Gasteiger partial charge in [0.2, 0.25) is 0 Å². The highest BCUT2D eigenvalue weighted by atomic mass is 16.6. The van der Waals surface area contributed by atoms with Crippen LogP contribution in [0.3, 0.4) is 0 Å². The molecule has 0 spiro atoms. The molecule has 0 fully saturated rings. The van der Waals surface area contributed by atoms with E-state index >= 15 is 0 Å². The van der Waals surface area contributed by atoms with Crippen molar-refractivity contribution < 1.29 is 9.53 Å². The first-order valence-electron chi connectivity index (χ1n) is 9.03. The number of hydrogen-bond donors (Lipinski definition) is 0. The second-order valence-electron chi connectivity index (χ2n) is 7.79. The lowest BCUT2D eigenvalue weighted by Crippen LogP contribution is -2.26. The predicted molar refractivity (Wildman–Crippen MR) is 109 cm³/mol. The predicted octanol–water partition coefficient (Wildman–Crippen LogP) is 6.54. The maximum atomic E-state index is 11.9. The minimum atomic E-state index is -0.470. The fourth-order valence-corrected chi connectivity index (χ4v) is 2.50. The van der Waals surface area contributed by atoms with E-state index in [1.807, 2.05) is 51.1 Å². The van der Waals surface area contributed by atoms with Crippen molar-refractivity contribution in [1.82, 2.24) is 4.57 Å². The minimum Gasteiger partial charge on any atom is -0.443 e. The van der Waals surface area contributed by atoms with Crippen LogP contribution in [0.1, 0.15) is 51.7 Å². The van der Waals surface area contributed by atoms with Crippen molar-refractivity contribution in [2.45, 2.75) is 53.1 Å². The van der Waals surface area contributed by atoms with Crippen LogP contribution in [-0.4, -0.2) is 16.3 Å². The molecule has 0 bridgehead atoms. The SMILES string of the molecule is CC(C)(C)OC(=O)n1ccc2ccccc21.Cc1ccc(C(C)C)cc1. The summed E-state index contributed by atoms with van der Waals surface area (Å²) in [7, 11) is 0. The Morgan fingerprint density at radius 2 is 1.58 bits per heavy atom. The number of ether oxygens (including phenoxy) is 1. The van der Waals surface area contributed by atoms with Crippen molar-refractivity contribution in [3.8, 4) is 0 Å². The van der Waals surface area contributed by atoms with E-state index in [0.29, 0.717) is 5.92 Å². The highest BCUT2D eigenvalue weighted by Gasteiger charge is 2.18. The number of benzene rings is 2. The smallest absolute Gasteiger partial charge is 0.418 e. The number of aryl methyl sites for hydroxylation is 1. The zero-order valence-corrected chi connectivity index (χ0v) is 16.6. The number of aromatic nitrogens is 1. The summed E-state index contributed by atoms with van der Waals surface area (Å²) in [5, 5.41) is 1.04. The molecule has 0 saturated heterocycles. The Labute approximate surface area is 156 Å². The first-order chi connectivity index (χ1) is 12.2. The number of carbonyl (C=O) groups excluding carboxylic acids is 1. The molecule has 2 aromatic carbocycles. The normalized spacial score (nSPS) is 11.2. The van der Waals surface area contributed by atoms with Crippen molar-refractivity contribution in [2.75, 3.05) is 0 Å². The van der Waals surface area contributed by atoms with E-state index in [1.165, 1.54) is 15.7 Å². The lowest BCUT2D eigenvalue weighted by molar-refractivity contribution is 0.0544. The molecular weight excluding hydrogens is 322 g/mol. The standard InChI is InChI=1S/C13H15NO2.C10H14/c1-13(2,3)16-12(15)14-9-8-10-6-4-5-7-11(10)14;1-8(2)10-6-4-9(3)5-7-10/h4-9H,1-3H3;4-8H,1-3H3. The van der Waals surface area contributed by atoms with Gasteiger partial charge in [0.05, 0.1) is 5.52 Å². The van der Waals surface area contributed by atoms with Crippen LogP contribution in [-0.2, 0) is 4.74 Å². The molecule has 138 valence electrons. The van der Waals surface area contributed by atoms with Gasteiger partial charge in [-0.1, -0.05) is 61.9 Å². The molecule has 0 saturated carbocycles. The van der Waals surface area contributed by atoms with Gasteiger partial charge in [0, 0.05) is 11.6 Å². The van der Waals surface area contributed by atoms with Gasteiger partial charge in [-0.05, 0) is 51.3 Å². The van der Waals surface area contributed by atoms with Gasteiger partial charge in [-0.3, -0.25) is 4.57 Å². The molecule has 0 N–H and O–H groups in total. The van der Waals surface area contributed by atoms with Crippen molar-refractivity contribution in [3.63, 3.8) is 0 Å². The summed E-state index contributed by atoms with van der Waals surface area (Å²) in [5.41, 5.74) is 3.16. The molecule has 1 heterocycles. The Kier molecular flexibility index (Phi) is 6.25. The van der Waals surface area contributed by atoms with Gasteiger partial charge in [0.15, 0.2) is 0 Å². The first-order valence-corrected chi connectivity index (χ1v) is 9.03. The molecular formula is C23H29NO2. The van der Waals surface area contributed by atoms with E-state index in [1.54, 1.807) is 6.20 Å². The molecule has 3 nitrogen and oxygen atoms in total. The lowest BCUT2D eigenvalue weighted by atomic mass is 10.0. The first kappa shape index (κ1) is 19.8. The quantitative estimate of drug-likeness (QED) is 0.498. The van der Waals surface area contributed by atoms with Gasteiger partial charge in [-0.15, -0.1) is 0 Å². The van der Waals surface area contributed by atoms with Crippen molar-refractivity contribution in [2.24, 2.45) is 0 Å². The number of nitrogens with zero attached hydrogens (tertiary/aromatic N) is 1. The van der Waals surface area contributed by atoms with E-state index in [9.17, 15) is 4.79 Å². The van der Waals surface area contributed by atoms with Crippen LogP contribution >= 0.6 is 0 Å². The molecule has 0 aliphatic carbocycles. The van der Waals surface area contributed by atoms with Crippen LogP contribution < -0.4 is 0 Å². The second kappa shape index (κ2) is 8.22. The minimum absolute atomic E-state index is 0.339. The van der Waals surface area contributed by atoms with Gasteiger partial charge < -0.3 is 4.74 Å². The summed E-state index contributed by atoms with van der Waals surface area (Å²) in [6.45, 7) is 12.1. The largest absolute Gasteiger partial charge is 0.443 e. The van der Waals surface area contributed by atoms with Crippen LogP contribution in [0.4, 0.5) is 4.79 Å². The van der Waals surface area contributed by atoms with Crippen LogP contribution in [0.15, 0.2) is 60.8 Å². The summed E-state index contributed by atoms with van der Waals surface area (Å²) in [4.78, 5) is 11.9. The number of rotatable bonds is 1. The van der Waals surface area contributed by atoms with E-state index in [0.717, 1.165) is 10.9 Å².